The number of rotatable bonds is 2. The SMILES string of the molecule is CC(c1ccc(O)cc1F)N1CCN2CCCCC2C1. The molecule has 20 heavy (non-hydrogen) atoms. The van der Waals surface area contributed by atoms with Crippen molar-refractivity contribution in [3.8, 4) is 5.75 Å². The molecule has 2 atom stereocenters. The van der Waals surface area contributed by atoms with Crippen molar-refractivity contribution >= 4 is 0 Å². The lowest BCUT2D eigenvalue weighted by molar-refractivity contribution is 0.0300. The van der Waals surface area contributed by atoms with Gasteiger partial charge in [-0.25, -0.2) is 4.39 Å². The molecule has 1 aromatic carbocycles. The minimum Gasteiger partial charge on any atom is -0.508 e. The highest BCUT2D eigenvalue weighted by atomic mass is 19.1. The van der Waals surface area contributed by atoms with Crippen LogP contribution in [0.3, 0.4) is 0 Å². The molecule has 0 spiro atoms. The zero-order valence-corrected chi connectivity index (χ0v) is 12.1. The summed E-state index contributed by atoms with van der Waals surface area (Å²) in [4.78, 5) is 4.96. The number of piperazine rings is 1. The molecule has 2 aliphatic rings. The summed E-state index contributed by atoms with van der Waals surface area (Å²) in [6.45, 7) is 6.41. The van der Waals surface area contributed by atoms with Gasteiger partial charge in [-0.3, -0.25) is 9.80 Å². The molecule has 0 saturated carbocycles. The number of nitrogens with zero attached hydrogens (tertiary/aromatic N) is 2. The van der Waals surface area contributed by atoms with Crippen LogP contribution in [0.4, 0.5) is 4.39 Å². The molecule has 1 aromatic rings. The number of hydrogen-bond donors (Lipinski definition) is 1. The molecular weight excluding hydrogens is 255 g/mol. The number of hydrogen-bond acceptors (Lipinski definition) is 3. The molecule has 2 fully saturated rings. The molecule has 0 radical (unpaired) electrons. The third-order valence-corrected chi connectivity index (χ3v) is 4.85. The van der Waals surface area contributed by atoms with E-state index in [4.69, 9.17) is 0 Å². The zero-order chi connectivity index (χ0) is 14.1. The number of phenols is 1. The highest BCUT2D eigenvalue weighted by molar-refractivity contribution is 5.29. The van der Waals surface area contributed by atoms with Gasteiger partial charge >= 0.3 is 0 Å². The average Bonchev–Trinajstić information content (AvgIpc) is 2.46. The molecule has 3 nitrogen and oxygen atoms in total. The number of benzene rings is 1. The first-order valence-electron chi connectivity index (χ1n) is 7.61. The van der Waals surface area contributed by atoms with Gasteiger partial charge in [0.2, 0.25) is 0 Å². The predicted molar refractivity (Wildman–Crippen MR) is 77.3 cm³/mol. The van der Waals surface area contributed by atoms with E-state index in [2.05, 4.69) is 16.7 Å². The van der Waals surface area contributed by atoms with E-state index in [1.807, 2.05) is 0 Å². The third kappa shape index (κ3) is 2.67. The Labute approximate surface area is 120 Å². The van der Waals surface area contributed by atoms with E-state index in [-0.39, 0.29) is 17.6 Å². The van der Waals surface area contributed by atoms with E-state index in [1.165, 1.54) is 31.9 Å². The monoisotopic (exact) mass is 278 g/mol. The Hall–Kier alpha value is -1.13. The van der Waals surface area contributed by atoms with E-state index >= 15 is 0 Å². The van der Waals surface area contributed by atoms with E-state index < -0.39 is 0 Å². The first kappa shape index (κ1) is 13.8. The topological polar surface area (TPSA) is 26.7 Å². The standard InChI is InChI=1S/C16H23FN2O/c1-12(15-6-5-14(20)10-16(15)17)19-9-8-18-7-3-2-4-13(18)11-19/h5-6,10,12-13,20H,2-4,7-9,11H2,1H3. The Morgan fingerprint density at radius 3 is 2.90 bits per heavy atom. The third-order valence-electron chi connectivity index (χ3n) is 4.85. The van der Waals surface area contributed by atoms with Crippen LogP contribution in [0.1, 0.15) is 37.8 Å². The minimum atomic E-state index is -0.302. The van der Waals surface area contributed by atoms with Crippen LogP contribution in [-0.4, -0.2) is 47.1 Å². The molecule has 0 aliphatic carbocycles. The number of fused-ring (bicyclic) bond motifs is 1. The Morgan fingerprint density at radius 1 is 1.25 bits per heavy atom. The lowest BCUT2D eigenvalue weighted by Gasteiger charge is -2.46. The highest BCUT2D eigenvalue weighted by Crippen LogP contribution is 2.29. The summed E-state index contributed by atoms with van der Waals surface area (Å²) < 4.78 is 14.0. The molecule has 0 amide bonds. The maximum absolute atomic E-state index is 14.0. The van der Waals surface area contributed by atoms with Crippen molar-refractivity contribution < 1.29 is 9.50 Å². The quantitative estimate of drug-likeness (QED) is 0.901. The second kappa shape index (κ2) is 5.70. The van der Waals surface area contributed by atoms with Crippen LogP contribution in [0.2, 0.25) is 0 Å². The summed E-state index contributed by atoms with van der Waals surface area (Å²) in [6.07, 6.45) is 3.90. The average molecular weight is 278 g/mol. The van der Waals surface area contributed by atoms with E-state index in [9.17, 15) is 9.50 Å². The fourth-order valence-electron chi connectivity index (χ4n) is 3.58. The van der Waals surface area contributed by atoms with Crippen molar-refractivity contribution in [2.75, 3.05) is 26.2 Å². The summed E-state index contributed by atoms with van der Waals surface area (Å²) in [5, 5.41) is 9.32. The van der Waals surface area contributed by atoms with Gasteiger partial charge in [-0.2, -0.15) is 0 Å². The summed E-state index contributed by atoms with van der Waals surface area (Å²) in [7, 11) is 0. The molecule has 2 heterocycles. The summed E-state index contributed by atoms with van der Waals surface area (Å²) >= 11 is 0. The molecule has 3 rings (SSSR count). The Kier molecular flexibility index (Phi) is 3.94. The second-order valence-electron chi connectivity index (χ2n) is 6.06. The van der Waals surface area contributed by atoms with Crippen LogP contribution in [0, 0.1) is 5.82 Å². The van der Waals surface area contributed by atoms with Crippen LogP contribution in [0.15, 0.2) is 18.2 Å². The lowest BCUT2D eigenvalue weighted by atomic mass is 9.97. The van der Waals surface area contributed by atoms with Crippen molar-refractivity contribution in [1.82, 2.24) is 9.80 Å². The fourth-order valence-corrected chi connectivity index (χ4v) is 3.58. The van der Waals surface area contributed by atoms with Crippen LogP contribution in [-0.2, 0) is 0 Å². The molecule has 0 aromatic heterocycles. The van der Waals surface area contributed by atoms with Gasteiger partial charge in [-0.05, 0) is 32.4 Å². The van der Waals surface area contributed by atoms with Crippen LogP contribution in [0.5, 0.6) is 5.75 Å². The maximum Gasteiger partial charge on any atom is 0.131 e. The summed E-state index contributed by atoms with van der Waals surface area (Å²) in [5.74, 6) is -0.306. The van der Waals surface area contributed by atoms with Crippen molar-refractivity contribution in [1.29, 1.82) is 0 Å². The van der Waals surface area contributed by atoms with Gasteiger partial charge in [0.1, 0.15) is 11.6 Å². The molecule has 2 aliphatic heterocycles. The van der Waals surface area contributed by atoms with Gasteiger partial charge < -0.3 is 5.11 Å². The largest absolute Gasteiger partial charge is 0.508 e. The first-order chi connectivity index (χ1) is 9.65. The minimum absolute atomic E-state index is 0.00412. The van der Waals surface area contributed by atoms with Crippen LogP contribution in [0.25, 0.3) is 0 Å². The smallest absolute Gasteiger partial charge is 0.131 e. The van der Waals surface area contributed by atoms with Gasteiger partial charge in [0.05, 0.1) is 0 Å². The van der Waals surface area contributed by atoms with Gasteiger partial charge in [0.15, 0.2) is 0 Å². The molecule has 2 saturated heterocycles. The molecule has 1 N–H and O–H groups in total. The molecule has 4 heteroatoms. The predicted octanol–water partition coefficient (Wildman–Crippen LogP) is 2.76. The van der Waals surface area contributed by atoms with Gasteiger partial charge in [-0.1, -0.05) is 12.5 Å². The number of phenolic OH excluding ortho intramolecular Hbond substituents is 1. The first-order valence-corrected chi connectivity index (χ1v) is 7.61. The highest BCUT2D eigenvalue weighted by Gasteiger charge is 2.31. The van der Waals surface area contributed by atoms with E-state index in [1.54, 1.807) is 12.1 Å². The van der Waals surface area contributed by atoms with Crippen LogP contribution >= 0.6 is 0 Å². The van der Waals surface area contributed by atoms with E-state index in [0.717, 1.165) is 19.6 Å². The Balaban J connectivity index is 1.72. The Bertz CT molecular complexity index is 480. The van der Waals surface area contributed by atoms with Crippen molar-refractivity contribution in [2.45, 2.75) is 38.3 Å². The summed E-state index contributed by atoms with van der Waals surface area (Å²) in [6, 6.07) is 5.21. The van der Waals surface area contributed by atoms with E-state index in [0.29, 0.717) is 11.6 Å². The number of halogens is 1. The molecule has 110 valence electrons. The summed E-state index contributed by atoms with van der Waals surface area (Å²) in [5.41, 5.74) is 0.687. The normalized spacial score (nSPS) is 26.2. The van der Waals surface area contributed by atoms with Crippen molar-refractivity contribution in [2.24, 2.45) is 0 Å². The number of aromatic hydroxyl groups is 1. The molecule has 2 unspecified atom stereocenters. The van der Waals surface area contributed by atoms with Crippen molar-refractivity contribution in [3.05, 3.63) is 29.6 Å². The van der Waals surface area contributed by atoms with Gasteiger partial charge in [-0.15, -0.1) is 0 Å². The van der Waals surface area contributed by atoms with Gasteiger partial charge in [0.25, 0.3) is 0 Å². The number of piperidine rings is 1. The van der Waals surface area contributed by atoms with Crippen molar-refractivity contribution in [3.63, 3.8) is 0 Å². The Morgan fingerprint density at radius 2 is 2.10 bits per heavy atom. The molecular formula is C16H23FN2O. The second-order valence-corrected chi connectivity index (χ2v) is 6.06. The molecule has 0 bridgehead atoms. The lowest BCUT2D eigenvalue weighted by Crippen LogP contribution is -2.55. The zero-order valence-electron chi connectivity index (χ0n) is 12.1. The maximum atomic E-state index is 14.0. The van der Waals surface area contributed by atoms with Crippen LogP contribution < -0.4 is 0 Å². The fraction of sp³-hybridized carbons (Fsp3) is 0.625. The van der Waals surface area contributed by atoms with Gasteiger partial charge in [0, 0.05) is 43.3 Å².